The highest BCUT2D eigenvalue weighted by Gasteiger charge is 2.06. The van der Waals surface area contributed by atoms with Crippen molar-refractivity contribution in [3.63, 3.8) is 0 Å². The molecule has 0 bridgehead atoms. The molecule has 2 aromatic carbocycles. The maximum Gasteiger partial charge on any atom is 0.337 e. The standard InChI is InChI=1S/C22H29N3O3.HI/c1-17(19-8-5-4-6-9-19)28-15-7-14-24-22(23-2)25-16-18-10-12-20(13-11-18)21(26)27-3;/h4-6,8-13,17H,7,14-16H2,1-3H3,(H2,23,24,25);1H. The summed E-state index contributed by atoms with van der Waals surface area (Å²) in [7, 11) is 3.12. The van der Waals surface area contributed by atoms with Crippen molar-refractivity contribution in [2.24, 2.45) is 4.99 Å². The SMILES string of the molecule is CN=C(NCCCOC(C)c1ccccc1)NCc1ccc(C(=O)OC)cc1.I. The van der Waals surface area contributed by atoms with Crippen LogP contribution in [0.4, 0.5) is 0 Å². The molecule has 0 fully saturated rings. The molecular formula is C22H30IN3O3. The van der Waals surface area contributed by atoms with Crippen molar-refractivity contribution in [3.05, 3.63) is 71.3 Å². The lowest BCUT2D eigenvalue weighted by Gasteiger charge is -2.15. The molecule has 2 N–H and O–H groups in total. The summed E-state index contributed by atoms with van der Waals surface area (Å²) in [6.45, 7) is 4.12. The van der Waals surface area contributed by atoms with Crippen LogP contribution < -0.4 is 10.6 Å². The van der Waals surface area contributed by atoms with E-state index in [4.69, 9.17) is 9.47 Å². The highest BCUT2D eigenvalue weighted by molar-refractivity contribution is 14.0. The van der Waals surface area contributed by atoms with Crippen LogP contribution >= 0.6 is 24.0 Å². The Morgan fingerprint density at radius 1 is 1.07 bits per heavy atom. The smallest absolute Gasteiger partial charge is 0.337 e. The van der Waals surface area contributed by atoms with Crippen LogP contribution in [0.25, 0.3) is 0 Å². The Bertz CT molecular complexity index is 752. The first-order chi connectivity index (χ1) is 13.6. The number of aliphatic imine (C=N–C) groups is 1. The zero-order valence-electron chi connectivity index (χ0n) is 17.2. The number of carbonyl (C=O) groups is 1. The normalized spacial score (nSPS) is 11.9. The highest BCUT2D eigenvalue weighted by atomic mass is 127. The molecule has 1 unspecified atom stereocenters. The van der Waals surface area contributed by atoms with Gasteiger partial charge < -0.3 is 20.1 Å². The molecule has 0 saturated carbocycles. The minimum absolute atomic E-state index is 0. The van der Waals surface area contributed by atoms with Gasteiger partial charge in [0.1, 0.15) is 0 Å². The van der Waals surface area contributed by atoms with Gasteiger partial charge in [-0.1, -0.05) is 42.5 Å². The first-order valence-electron chi connectivity index (χ1n) is 9.42. The fourth-order valence-electron chi connectivity index (χ4n) is 2.64. The molecule has 7 heteroatoms. The third-order valence-corrected chi connectivity index (χ3v) is 4.31. The second kappa shape index (κ2) is 13.9. The number of benzene rings is 2. The van der Waals surface area contributed by atoms with Crippen molar-refractivity contribution in [2.45, 2.75) is 26.0 Å². The van der Waals surface area contributed by atoms with Crippen LogP contribution in [0.15, 0.2) is 59.6 Å². The van der Waals surface area contributed by atoms with Gasteiger partial charge in [-0.2, -0.15) is 0 Å². The molecule has 1 atom stereocenters. The van der Waals surface area contributed by atoms with Crippen LogP contribution in [-0.4, -0.2) is 39.2 Å². The number of hydrogen-bond donors (Lipinski definition) is 2. The van der Waals surface area contributed by atoms with Crippen LogP contribution in [0.1, 0.15) is 40.9 Å². The topological polar surface area (TPSA) is 72.0 Å². The van der Waals surface area contributed by atoms with E-state index in [9.17, 15) is 4.79 Å². The molecule has 0 aromatic heterocycles. The quantitative estimate of drug-likeness (QED) is 0.176. The summed E-state index contributed by atoms with van der Waals surface area (Å²) < 4.78 is 10.6. The molecule has 0 heterocycles. The molecule has 0 radical (unpaired) electrons. The van der Waals surface area contributed by atoms with Gasteiger partial charge in [0.2, 0.25) is 0 Å². The second-order valence-corrected chi connectivity index (χ2v) is 6.32. The second-order valence-electron chi connectivity index (χ2n) is 6.32. The van der Waals surface area contributed by atoms with Crippen molar-refractivity contribution in [3.8, 4) is 0 Å². The minimum atomic E-state index is -0.333. The van der Waals surface area contributed by atoms with E-state index in [1.54, 1.807) is 19.2 Å². The number of methoxy groups -OCH3 is 1. The summed E-state index contributed by atoms with van der Waals surface area (Å²) in [6.07, 6.45) is 0.970. The highest BCUT2D eigenvalue weighted by Crippen LogP contribution is 2.15. The van der Waals surface area contributed by atoms with Gasteiger partial charge in [-0.05, 0) is 36.6 Å². The van der Waals surface area contributed by atoms with Crippen molar-refractivity contribution >= 4 is 35.9 Å². The maximum absolute atomic E-state index is 11.5. The summed E-state index contributed by atoms with van der Waals surface area (Å²) in [6, 6.07) is 17.5. The Hall–Kier alpha value is -2.13. The third-order valence-electron chi connectivity index (χ3n) is 4.31. The average Bonchev–Trinajstić information content (AvgIpc) is 2.75. The van der Waals surface area contributed by atoms with Crippen molar-refractivity contribution in [1.82, 2.24) is 10.6 Å². The van der Waals surface area contributed by atoms with E-state index in [2.05, 4.69) is 34.7 Å². The van der Waals surface area contributed by atoms with E-state index >= 15 is 0 Å². The minimum Gasteiger partial charge on any atom is -0.465 e. The lowest BCUT2D eigenvalue weighted by atomic mass is 10.1. The fraction of sp³-hybridized carbons (Fsp3) is 0.364. The molecule has 0 aliphatic carbocycles. The zero-order valence-corrected chi connectivity index (χ0v) is 19.5. The first-order valence-corrected chi connectivity index (χ1v) is 9.42. The number of nitrogens with zero attached hydrogens (tertiary/aromatic N) is 1. The van der Waals surface area contributed by atoms with Gasteiger partial charge in [-0.15, -0.1) is 24.0 Å². The van der Waals surface area contributed by atoms with Gasteiger partial charge in [-0.25, -0.2) is 4.79 Å². The van der Waals surface area contributed by atoms with E-state index in [1.807, 2.05) is 30.3 Å². The maximum atomic E-state index is 11.5. The van der Waals surface area contributed by atoms with E-state index < -0.39 is 0 Å². The van der Waals surface area contributed by atoms with Crippen LogP contribution in [0.2, 0.25) is 0 Å². The van der Waals surface area contributed by atoms with Crippen molar-refractivity contribution in [2.75, 3.05) is 27.3 Å². The number of guanidine groups is 1. The summed E-state index contributed by atoms with van der Waals surface area (Å²) >= 11 is 0. The number of carbonyl (C=O) groups excluding carboxylic acids is 1. The third kappa shape index (κ3) is 8.82. The van der Waals surface area contributed by atoms with Crippen molar-refractivity contribution < 1.29 is 14.3 Å². The first kappa shape index (κ1) is 24.9. The number of halogens is 1. The number of esters is 1. The summed E-state index contributed by atoms with van der Waals surface area (Å²) in [5.74, 6) is 0.397. The Kier molecular flexibility index (Phi) is 12.0. The Labute approximate surface area is 190 Å². The van der Waals surface area contributed by atoms with Crippen LogP contribution in [0.3, 0.4) is 0 Å². The monoisotopic (exact) mass is 511 g/mol. The average molecular weight is 511 g/mol. The molecule has 2 aromatic rings. The van der Waals surface area contributed by atoms with Gasteiger partial charge in [0.25, 0.3) is 0 Å². The Balaban J connectivity index is 0.00000420. The van der Waals surface area contributed by atoms with E-state index in [0.717, 1.165) is 24.5 Å². The molecule has 6 nitrogen and oxygen atoms in total. The fourth-order valence-corrected chi connectivity index (χ4v) is 2.64. The van der Waals surface area contributed by atoms with Gasteiger partial charge in [0, 0.05) is 26.7 Å². The Morgan fingerprint density at radius 3 is 2.38 bits per heavy atom. The summed E-state index contributed by atoms with van der Waals surface area (Å²) in [5.41, 5.74) is 2.78. The van der Waals surface area contributed by atoms with E-state index in [1.165, 1.54) is 12.7 Å². The summed E-state index contributed by atoms with van der Waals surface area (Å²) in [5, 5.41) is 6.53. The predicted molar refractivity (Wildman–Crippen MR) is 127 cm³/mol. The van der Waals surface area contributed by atoms with Gasteiger partial charge in [-0.3, -0.25) is 4.99 Å². The lowest BCUT2D eigenvalue weighted by molar-refractivity contribution is 0.0600. The number of ether oxygens (including phenoxy) is 2. The van der Waals surface area contributed by atoms with Crippen molar-refractivity contribution in [1.29, 1.82) is 0 Å². The largest absolute Gasteiger partial charge is 0.465 e. The Morgan fingerprint density at radius 2 is 1.76 bits per heavy atom. The molecule has 0 aliphatic rings. The van der Waals surface area contributed by atoms with Crippen LogP contribution in [0.5, 0.6) is 0 Å². The molecule has 0 spiro atoms. The zero-order chi connectivity index (χ0) is 20.2. The summed E-state index contributed by atoms with van der Waals surface area (Å²) in [4.78, 5) is 15.7. The van der Waals surface area contributed by atoms with Gasteiger partial charge in [0.15, 0.2) is 5.96 Å². The number of rotatable bonds is 9. The van der Waals surface area contributed by atoms with Crippen LogP contribution in [-0.2, 0) is 16.0 Å². The van der Waals surface area contributed by atoms with E-state index in [-0.39, 0.29) is 36.0 Å². The molecule has 29 heavy (non-hydrogen) atoms. The molecular weight excluding hydrogens is 481 g/mol. The number of hydrogen-bond acceptors (Lipinski definition) is 4. The number of nitrogens with one attached hydrogen (secondary N) is 2. The lowest BCUT2D eigenvalue weighted by Crippen LogP contribution is -2.37. The van der Waals surface area contributed by atoms with Gasteiger partial charge in [0.05, 0.1) is 18.8 Å². The van der Waals surface area contributed by atoms with Gasteiger partial charge >= 0.3 is 5.97 Å². The molecule has 158 valence electrons. The van der Waals surface area contributed by atoms with E-state index in [0.29, 0.717) is 18.7 Å². The molecule has 0 aliphatic heterocycles. The van der Waals surface area contributed by atoms with Crippen LogP contribution in [0, 0.1) is 0 Å². The molecule has 0 amide bonds. The predicted octanol–water partition coefficient (Wildman–Crippen LogP) is 3.92. The molecule has 0 saturated heterocycles. The molecule has 2 rings (SSSR count).